The second-order valence-corrected chi connectivity index (χ2v) is 14.2. The summed E-state index contributed by atoms with van der Waals surface area (Å²) in [6.45, 7) is 1.49. The van der Waals surface area contributed by atoms with E-state index >= 15 is 0 Å². The van der Waals surface area contributed by atoms with Crippen LogP contribution in [0, 0.1) is 0 Å². The number of nitrogens with zero attached hydrogens (tertiary/aromatic N) is 1. The average Bonchev–Trinajstić information content (AvgIpc) is 3.56. The van der Waals surface area contributed by atoms with Crippen molar-refractivity contribution in [1.29, 1.82) is 0 Å². The molecule has 1 unspecified atom stereocenters. The SMILES string of the molecule is COCS(=O)(=O)c1cccc(OCC(O)CN[C@H]2COC3(CCN(S(=O)(=O)c4c[nH]c5ccccc45)CC3)C2)c1. The van der Waals surface area contributed by atoms with Gasteiger partial charge in [0.05, 0.1) is 17.1 Å². The highest BCUT2D eigenvalue weighted by atomic mass is 32.2. The molecule has 3 heterocycles. The summed E-state index contributed by atoms with van der Waals surface area (Å²) in [6, 6.07) is 13.5. The molecule has 1 spiro atoms. The number of sulfonamides is 1. The molecule has 5 rings (SSSR count). The van der Waals surface area contributed by atoms with Crippen LogP contribution in [0.5, 0.6) is 5.75 Å². The zero-order valence-electron chi connectivity index (χ0n) is 22.3. The van der Waals surface area contributed by atoms with Gasteiger partial charge in [-0.3, -0.25) is 0 Å². The van der Waals surface area contributed by atoms with E-state index in [9.17, 15) is 21.9 Å². The molecule has 3 N–H and O–H groups in total. The van der Waals surface area contributed by atoms with E-state index in [0.717, 1.165) is 11.9 Å². The number of aromatic nitrogens is 1. The van der Waals surface area contributed by atoms with Crippen molar-refractivity contribution in [2.75, 3.05) is 45.9 Å². The van der Waals surface area contributed by atoms with Crippen LogP contribution in [0.1, 0.15) is 19.3 Å². The number of hydrogen-bond donors (Lipinski definition) is 3. The van der Waals surface area contributed by atoms with Gasteiger partial charge in [0.15, 0.2) is 5.94 Å². The fraction of sp³-hybridized carbons (Fsp3) is 0.481. The minimum Gasteiger partial charge on any atom is -0.491 e. The summed E-state index contributed by atoms with van der Waals surface area (Å²) in [5.41, 5.74) is 0.401. The van der Waals surface area contributed by atoms with Gasteiger partial charge in [0.1, 0.15) is 23.4 Å². The van der Waals surface area contributed by atoms with Crippen LogP contribution in [0.3, 0.4) is 0 Å². The van der Waals surface area contributed by atoms with E-state index < -0.39 is 31.9 Å². The number of ether oxygens (including phenoxy) is 3. The summed E-state index contributed by atoms with van der Waals surface area (Å²) in [4.78, 5) is 3.43. The van der Waals surface area contributed by atoms with E-state index in [0.29, 0.717) is 48.6 Å². The van der Waals surface area contributed by atoms with Crippen molar-refractivity contribution >= 4 is 30.8 Å². The molecule has 218 valence electrons. The molecule has 2 saturated heterocycles. The van der Waals surface area contributed by atoms with Gasteiger partial charge in [0, 0.05) is 49.9 Å². The van der Waals surface area contributed by atoms with Crippen molar-refractivity contribution in [2.45, 2.75) is 46.8 Å². The average molecular weight is 594 g/mol. The molecule has 3 aromatic rings. The molecule has 0 aliphatic carbocycles. The largest absolute Gasteiger partial charge is 0.491 e. The van der Waals surface area contributed by atoms with Crippen molar-refractivity contribution in [3.8, 4) is 5.75 Å². The number of hydrogen-bond acceptors (Lipinski definition) is 9. The maximum atomic E-state index is 13.3. The lowest BCUT2D eigenvalue weighted by atomic mass is 9.88. The summed E-state index contributed by atoms with van der Waals surface area (Å²) < 4.78 is 69.1. The minimum atomic E-state index is -3.63. The van der Waals surface area contributed by atoms with Crippen LogP contribution < -0.4 is 10.1 Å². The molecule has 2 aliphatic rings. The number of para-hydroxylation sites is 1. The van der Waals surface area contributed by atoms with Crippen molar-refractivity contribution < 1.29 is 36.2 Å². The number of aromatic amines is 1. The Bertz CT molecular complexity index is 1530. The molecule has 2 aliphatic heterocycles. The van der Waals surface area contributed by atoms with Crippen LogP contribution in [0.4, 0.5) is 0 Å². The lowest BCUT2D eigenvalue weighted by Gasteiger charge is -2.38. The fourth-order valence-corrected chi connectivity index (χ4v) is 8.02. The third-order valence-electron chi connectivity index (χ3n) is 7.53. The lowest BCUT2D eigenvalue weighted by molar-refractivity contribution is -0.0312. The van der Waals surface area contributed by atoms with Crippen molar-refractivity contribution in [3.63, 3.8) is 0 Å². The number of fused-ring (bicyclic) bond motifs is 1. The summed E-state index contributed by atoms with van der Waals surface area (Å²) in [7, 11) is -5.87. The number of sulfone groups is 1. The normalized spacial score (nSPS) is 20.7. The van der Waals surface area contributed by atoms with Gasteiger partial charge in [0.2, 0.25) is 19.9 Å². The Hall–Kier alpha value is -2.52. The van der Waals surface area contributed by atoms with Crippen LogP contribution in [-0.4, -0.2) is 94.9 Å². The number of rotatable bonds is 11. The Morgan fingerprint density at radius 2 is 1.93 bits per heavy atom. The number of benzene rings is 2. The molecule has 0 bridgehead atoms. The molecule has 0 saturated carbocycles. The molecule has 2 aromatic carbocycles. The predicted octanol–water partition coefficient (Wildman–Crippen LogP) is 1.89. The van der Waals surface area contributed by atoms with Crippen LogP contribution in [0.2, 0.25) is 0 Å². The molecule has 13 heteroatoms. The first-order chi connectivity index (χ1) is 19.1. The molecule has 2 fully saturated rings. The third kappa shape index (κ3) is 6.20. The Kier molecular flexibility index (Phi) is 8.53. The second-order valence-electron chi connectivity index (χ2n) is 10.4. The monoisotopic (exact) mass is 593 g/mol. The highest BCUT2D eigenvalue weighted by Crippen LogP contribution is 2.38. The fourth-order valence-electron chi connectivity index (χ4n) is 5.39. The Morgan fingerprint density at radius 1 is 1.15 bits per heavy atom. The maximum Gasteiger partial charge on any atom is 0.245 e. The first-order valence-corrected chi connectivity index (χ1v) is 16.3. The Balaban J connectivity index is 1.09. The van der Waals surface area contributed by atoms with Crippen LogP contribution in [-0.2, 0) is 29.3 Å². The van der Waals surface area contributed by atoms with E-state index in [-0.39, 0.29) is 29.7 Å². The van der Waals surface area contributed by atoms with Crippen molar-refractivity contribution in [2.24, 2.45) is 0 Å². The van der Waals surface area contributed by atoms with Gasteiger partial charge in [-0.05, 0) is 43.5 Å². The van der Waals surface area contributed by atoms with Gasteiger partial charge >= 0.3 is 0 Å². The standard InChI is InChI=1S/C27H35N3O8S2/c1-36-19-39(32,33)23-6-4-5-22(13-23)37-18-21(31)15-28-20-14-27(38-17-20)9-11-30(12-10-27)40(34,35)26-16-29-25-8-3-2-7-24(25)26/h2-8,13,16,20-21,28-29,31H,9-12,14-15,17-19H2,1H3/t20-,21?/m1/s1. The van der Waals surface area contributed by atoms with Crippen LogP contribution in [0.15, 0.2) is 64.5 Å². The van der Waals surface area contributed by atoms with Gasteiger partial charge in [-0.1, -0.05) is 24.3 Å². The molecule has 1 aromatic heterocycles. The first kappa shape index (κ1) is 29.0. The molecule has 11 nitrogen and oxygen atoms in total. The van der Waals surface area contributed by atoms with Gasteiger partial charge in [-0.25, -0.2) is 16.8 Å². The zero-order valence-corrected chi connectivity index (χ0v) is 23.9. The van der Waals surface area contributed by atoms with Gasteiger partial charge < -0.3 is 29.6 Å². The third-order valence-corrected chi connectivity index (χ3v) is 11.0. The topological polar surface area (TPSA) is 147 Å². The zero-order chi connectivity index (χ0) is 28.4. The highest BCUT2D eigenvalue weighted by molar-refractivity contribution is 7.91. The Morgan fingerprint density at radius 3 is 2.70 bits per heavy atom. The smallest absolute Gasteiger partial charge is 0.245 e. The minimum absolute atomic E-state index is 0.0137. The van der Waals surface area contributed by atoms with Crippen molar-refractivity contribution in [3.05, 3.63) is 54.7 Å². The molecule has 0 radical (unpaired) electrons. The van der Waals surface area contributed by atoms with Gasteiger partial charge in [-0.2, -0.15) is 4.31 Å². The van der Waals surface area contributed by atoms with Gasteiger partial charge in [0.25, 0.3) is 0 Å². The summed E-state index contributed by atoms with van der Waals surface area (Å²) in [5, 5.41) is 14.4. The molecular weight excluding hydrogens is 558 g/mol. The number of nitrogens with one attached hydrogen (secondary N) is 2. The van der Waals surface area contributed by atoms with Gasteiger partial charge in [-0.15, -0.1) is 0 Å². The molecule has 0 amide bonds. The summed E-state index contributed by atoms with van der Waals surface area (Å²) in [5.74, 6) is -0.0833. The summed E-state index contributed by atoms with van der Waals surface area (Å²) >= 11 is 0. The second kappa shape index (κ2) is 11.8. The lowest BCUT2D eigenvalue weighted by Crippen LogP contribution is -2.47. The number of H-pyrrole nitrogens is 1. The summed E-state index contributed by atoms with van der Waals surface area (Å²) in [6.07, 6.45) is 2.66. The number of aliphatic hydroxyl groups excluding tert-OH is 1. The highest BCUT2D eigenvalue weighted by Gasteiger charge is 2.45. The predicted molar refractivity (Wildman–Crippen MR) is 148 cm³/mol. The van der Waals surface area contributed by atoms with E-state index in [1.807, 2.05) is 24.3 Å². The number of aliphatic hydroxyl groups is 1. The van der Waals surface area contributed by atoms with Crippen LogP contribution in [0.25, 0.3) is 10.9 Å². The maximum absolute atomic E-state index is 13.3. The van der Waals surface area contributed by atoms with E-state index in [1.54, 1.807) is 18.3 Å². The number of piperidine rings is 1. The molecule has 40 heavy (non-hydrogen) atoms. The quantitative estimate of drug-likeness (QED) is 0.303. The molecule has 2 atom stereocenters. The van der Waals surface area contributed by atoms with Crippen LogP contribution >= 0.6 is 0 Å². The number of methoxy groups -OCH3 is 1. The van der Waals surface area contributed by atoms with E-state index in [2.05, 4.69) is 10.3 Å². The van der Waals surface area contributed by atoms with Crippen molar-refractivity contribution in [1.82, 2.24) is 14.6 Å². The molecular formula is C27H35N3O8S2. The first-order valence-electron chi connectivity index (χ1n) is 13.2. The van der Waals surface area contributed by atoms with E-state index in [4.69, 9.17) is 14.2 Å². The van der Waals surface area contributed by atoms with E-state index in [1.165, 1.54) is 23.5 Å². The Labute approximate surface area is 234 Å².